The van der Waals surface area contributed by atoms with Gasteiger partial charge in [0.2, 0.25) is 0 Å². The van der Waals surface area contributed by atoms with Gasteiger partial charge in [0, 0.05) is 12.7 Å². The lowest BCUT2D eigenvalue weighted by Gasteiger charge is -2.41. The van der Waals surface area contributed by atoms with E-state index in [4.69, 9.17) is 9.47 Å². The molecule has 0 N–H and O–H groups in total. The fraction of sp³-hybridized carbons (Fsp3) is 0.857. The van der Waals surface area contributed by atoms with Crippen molar-refractivity contribution >= 4 is 5.97 Å². The van der Waals surface area contributed by atoms with Crippen molar-refractivity contribution in [3.63, 3.8) is 0 Å². The van der Waals surface area contributed by atoms with Gasteiger partial charge in [-0.1, -0.05) is 57.9 Å². The summed E-state index contributed by atoms with van der Waals surface area (Å²) in [5, 5.41) is 0. The van der Waals surface area contributed by atoms with Crippen molar-refractivity contribution in [3.8, 4) is 0 Å². The average molecular weight is 337 g/mol. The van der Waals surface area contributed by atoms with Gasteiger partial charge in [-0.05, 0) is 43.9 Å². The van der Waals surface area contributed by atoms with Crippen LogP contribution in [-0.2, 0) is 14.3 Å². The van der Waals surface area contributed by atoms with Gasteiger partial charge >= 0.3 is 5.97 Å². The summed E-state index contributed by atoms with van der Waals surface area (Å²) in [7, 11) is 0. The highest BCUT2D eigenvalue weighted by Crippen LogP contribution is 2.41. The quantitative estimate of drug-likeness (QED) is 0.287. The highest BCUT2D eigenvalue weighted by atomic mass is 16.5. The highest BCUT2D eigenvalue weighted by Gasteiger charge is 2.35. The second-order valence-electron chi connectivity index (χ2n) is 7.54. The molecule has 3 nitrogen and oxygen atoms in total. The second-order valence-corrected chi connectivity index (χ2v) is 7.54. The number of carbonyl (C=O) groups is 1. The van der Waals surface area contributed by atoms with E-state index in [9.17, 15) is 4.79 Å². The highest BCUT2D eigenvalue weighted by molar-refractivity contribution is 5.81. The summed E-state index contributed by atoms with van der Waals surface area (Å²) < 4.78 is 11.2. The molecule has 0 aromatic heterocycles. The Morgan fingerprint density at radius 2 is 1.54 bits per heavy atom. The number of ether oxygens (including phenoxy) is 2. The van der Waals surface area contributed by atoms with Crippen LogP contribution in [0.5, 0.6) is 0 Å². The predicted molar refractivity (Wildman–Crippen MR) is 97.9 cm³/mol. The molecule has 2 saturated carbocycles. The van der Waals surface area contributed by atoms with Crippen LogP contribution in [0.25, 0.3) is 0 Å². The Morgan fingerprint density at radius 3 is 2.33 bits per heavy atom. The Labute approximate surface area is 148 Å². The van der Waals surface area contributed by atoms with Crippen LogP contribution in [0.4, 0.5) is 0 Å². The average Bonchev–Trinajstić information content (AvgIpc) is 2.63. The normalized spacial score (nSPS) is 26.6. The molecule has 2 fully saturated rings. The molecule has 2 aliphatic rings. The smallest absolute Gasteiger partial charge is 0.330 e. The summed E-state index contributed by atoms with van der Waals surface area (Å²) in [5.74, 6) is 1.52. The van der Waals surface area contributed by atoms with Crippen molar-refractivity contribution < 1.29 is 14.3 Å². The molecule has 24 heavy (non-hydrogen) atoms. The molecular weight excluding hydrogens is 300 g/mol. The lowest BCUT2D eigenvalue weighted by Crippen LogP contribution is -2.36. The SMILES string of the molecule is C=CC(=O)OCCCCCCCCOC1CCCC2CCCCC21. The third-order valence-corrected chi connectivity index (χ3v) is 5.79. The van der Waals surface area contributed by atoms with E-state index in [0.29, 0.717) is 12.7 Å². The Hall–Kier alpha value is -0.830. The summed E-state index contributed by atoms with van der Waals surface area (Å²) >= 11 is 0. The standard InChI is InChI=1S/C21H36O3/c1-2-21(22)24-17-10-6-4-3-5-9-16-23-20-15-11-13-18-12-7-8-14-19(18)20/h2,18-20H,1,3-17H2. The molecule has 0 amide bonds. The van der Waals surface area contributed by atoms with Gasteiger partial charge in [-0.2, -0.15) is 0 Å². The van der Waals surface area contributed by atoms with Crippen molar-refractivity contribution in [2.75, 3.05) is 13.2 Å². The maximum absolute atomic E-state index is 10.9. The van der Waals surface area contributed by atoms with Crippen LogP contribution in [0.15, 0.2) is 12.7 Å². The number of hydrogen-bond donors (Lipinski definition) is 0. The van der Waals surface area contributed by atoms with Gasteiger partial charge in [0.15, 0.2) is 0 Å². The first-order valence-corrected chi connectivity index (χ1v) is 10.2. The van der Waals surface area contributed by atoms with Crippen molar-refractivity contribution in [2.45, 2.75) is 89.6 Å². The zero-order chi connectivity index (χ0) is 17.0. The molecule has 0 aromatic carbocycles. The minimum atomic E-state index is -0.310. The zero-order valence-corrected chi connectivity index (χ0v) is 15.3. The van der Waals surface area contributed by atoms with E-state index < -0.39 is 0 Å². The Kier molecular flexibility index (Phi) is 9.48. The molecule has 3 atom stereocenters. The van der Waals surface area contributed by atoms with Crippen LogP contribution in [-0.4, -0.2) is 25.3 Å². The van der Waals surface area contributed by atoms with Gasteiger partial charge in [-0.25, -0.2) is 4.79 Å². The van der Waals surface area contributed by atoms with Crippen LogP contribution in [0, 0.1) is 11.8 Å². The first-order chi connectivity index (χ1) is 11.8. The molecule has 0 radical (unpaired) electrons. The number of esters is 1. The van der Waals surface area contributed by atoms with Crippen LogP contribution in [0.1, 0.15) is 83.5 Å². The fourth-order valence-electron chi connectivity index (χ4n) is 4.46. The Balaban J connectivity index is 1.42. The molecule has 0 spiro atoms. The van der Waals surface area contributed by atoms with Crippen molar-refractivity contribution in [2.24, 2.45) is 11.8 Å². The van der Waals surface area contributed by atoms with Gasteiger partial charge in [0.25, 0.3) is 0 Å². The third kappa shape index (κ3) is 6.96. The van der Waals surface area contributed by atoms with Crippen LogP contribution >= 0.6 is 0 Å². The molecule has 0 bridgehead atoms. The molecule has 2 rings (SSSR count). The second kappa shape index (κ2) is 11.7. The van der Waals surface area contributed by atoms with Gasteiger partial charge < -0.3 is 9.47 Å². The summed E-state index contributed by atoms with van der Waals surface area (Å²) in [6, 6.07) is 0. The number of unbranched alkanes of at least 4 members (excludes halogenated alkanes) is 5. The maximum Gasteiger partial charge on any atom is 0.330 e. The van der Waals surface area contributed by atoms with Gasteiger partial charge in [0.1, 0.15) is 0 Å². The number of fused-ring (bicyclic) bond motifs is 1. The number of carbonyl (C=O) groups excluding carboxylic acids is 1. The molecule has 3 unspecified atom stereocenters. The van der Waals surface area contributed by atoms with Crippen molar-refractivity contribution in [1.82, 2.24) is 0 Å². The third-order valence-electron chi connectivity index (χ3n) is 5.79. The largest absolute Gasteiger partial charge is 0.463 e. The lowest BCUT2D eigenvalue weighted by atomic mass is 9.69. The minimum absolute atomic E-state index is 0.310. The molecule has 3 heteroatoms. The Bertz CT molecular complexity index is 364. The predicted octanol–water partition coefficient (Wildman–Crippen LogP) is 5.43. The topological polar surface area (TPSA) is 35.5 Å². The monoisotopic (exact) mass is 336 g/mol. The number of hydrogen-bond acceptors (Lipinski definition) is 3. The van der Waals surface area contributed by atoms with Crippen LogP contribution in [0.3, 0.4) is 0 Å². The van der Waals surface area contributed by atoms with E-state index in [1.807, 2.05) is 0 Å². The van der Waals surface area contributed by atoms with E-state index in [0.717, 1.165) is 31.3 Å². The maximum atomic E-state index is 10.9. The molecular formula is C21H36O3. The molecule has 138 valence electrons. The van der Waals surface area contributed by atoms with Gasteiger partial charge in [0.05, 0.1) is 12.7 Å². The molecule has 0 heterocycles. The van der Waals surface area contributed by atoms with E-state index >= 15 is 0 Å². The Morgan fingerprint density at radius 1 is 0.875 bits per heavy atom. The summed E-state index contributed by atoms with van der Waals surface area (Å²) in [6.07, 6.45) is 18.7. The van der Waals surface area contributed by atoms with Crippen LogP contribution < -0.4 is 0 Å². The first-order valence-electron chi connectivity index (χ1n) is 10.2. The molecule has 0 saturated heterocycles. The van der Waals surface area contributed by atoms with E-state index in [1.54, 1.807) is 0 Å². The molecule has 0 aromatic rings. The van der Waals surface area contributed by atoms with Gasteiger partial charge in [-0.15, -0.1) is 0 Å². The fourth-order valence-corrected chi connectivity index (χ4v) is 4.46. The van der Waals surface area contributed by atoms with Crippen molar-refractivity contribution in [1.29, 1.82) is 0 Å². The van der Waals surface area contributed by atoms with E-state index in [2.05, 4.69) is 6.58 Å². The number of rotatable bonds is 11. The van der Waals surface area contributed by atoms with E-state index in [1.165, 1.54) is 76.7 Å². The molecule has 0 aliphatic heterocycles. The summed E-state index contributed by atoms with van der Waals surface area (Å²) in [5.41, 5.74) is 0. The zero-order valence-electron chi connectivity index (χ0n) is 15.3. The van der Waals surface area contributed by atoms with Gasteiger partial charge in [-0.3, -0.25) is 0 Å². The summed E-state index contributed by atoms with van der Waals surface area (Å²) in [4.78, 5) is 10.9. The lowest BCUT2D eigenvalue weighted by molar-refractivity contribution is -0.137. The van der Waals surface area contributed by atoms with E-state index in [-0.39, 0.29) is 5.97 Å². The molecule has 2 aliphatic carbocycles. The van der Waals surface area contributed by atoms with Crippen LogP contribution in [0.2, 0.25) is 0 Å². The summed E-state index contributed by atoms with van der Waals surface area (Å²) in [6.45, 7) is 4.86. The first kappa shape index (κ1) is 19.5. The minimum Gasteiger partial charge on any atom is -0.463 e. The van der Waals surface area contributed by atoms with Crippen molar-refractivity contribution in [3.05, 3.63) is 12.7 Å².